The normalized spacial score (nSPS) is 16.5. The van der Waals surface area contributed by atoms with Crippen LogP contribution in [0.3, 0.4) is 0 Å². The average molecular weight is 315 g/mol. The first kappa shape index (κ1) is 15.3. The molecule has 1 atom stereocenters. The summed E-state index contributed by atoms with van der Waals surface area (Å²) < 4.78 is 7.36. The summed E-state index contributed by atoms with van der Waals surface area (Å²) in [6, 6.07) is 7.24. The third kappa shape index (κ3) is 4.00. The van der Waals surface area contributed by atoms with Crippen molar-refractivity contribution >= 4 is 11.7 Å². The highest BCUT2D eigenvalue weighted by molar-refractivity contribution is 5.89. The molecule has 0 aliphatic carbocycles. The second-order valence-electron chi connectivity index (χ2n) is 5.57. The van der Waals surface area contributed by atoms with Gasteiger partial charge in [0.1, 0.15) is 17.9 Å². The largest absolute Gasteiger partial charge is 0.494 e. The van der Waals surface area contributed by atoms with Gasteiger partial charge in [0.15, 0.2) is 0 Å². The van der Waals surface area contributed by atoms with E-state index in [4.69, 9.17) is 4.74 Å². The Kier molecular flexibility index (Phi) is 4.75. The van der Waals surface area contributed by atoms with Crippen molar-refractivity contribution in [1.82, 2.24) is 20.1 Å². The molecule has 2 amide bonds. The fraction of sp³-hybridized carbons (Fsp3) is 0.438. The molecule has 7 nitrogen and oxygen atoms in total. The van der Waals surface area contributed by atoms with Gasteiger partial charge in [-0.2, -0.15) is 5.10 Å². The van der Waals surface area contributed by atoms with Crippen LogP contribution in [0.15, 0.2) is 30.6 Å². The first-order valence-electron chi connectivity index (χ1n) is 7.91. The summed E-state index contributed by atoms with van der Waals surface area (Å²) in [5.41, 5.74) is 0.739. The zero-order valence-electron chi connectivity index (χ0n) is 13.2. The van der Waals surface area contributed by atoms with Crippen molar-refractivity contribution < 1.29 is 9.53 Å². The Bertz CT molecular complexity index is 653. The van der Waals surface area contributed by atoms with Gasteiger partial charge >= 0.3 is 6.03 Å². The van der Waals surface area contributed by atoms with Crippen molar-refractivity contribution in [2.75, 3.05) is 11.9 Å². The second kappa shape index (κ2) is 7.13. The molecule has 1 aliphatic heterocycles. The van der Waals surface area contributed by atoms with Crippen molar-refractivity contribution in [3.63, 3.8) is 0 Å². The summed E-state index contributed by atoms with van der Waals surface area (Å²) in [7, 11) is 0. The van der Waals surface area contributed by atoms with Crippen molar-refractivity contribution in [2.45, 2.75) is 38.8 Å². The first-order valence-corrected chi connectivity index (χ1v) is 7.91. The monoisotopic (exact) mass is 315 g/mol. The fourth-order valence-corrected chi connectivity index (χ4v) is 2.56. The summed E-state index contributed by atoms with van der Waals surface area (Å²) >= 11 is 0. The summed E-state index contributed by atoms with van der Waals surface area (Å²) in [5, 5.41) is 9.97. The zero-order chi connectivity index (χ0) is 16.1. The van der Waals surface area contributed by atoms with Crippen LogP contribution in [0.5, 0.6) is 5.75 Å². The molecule has 1 unspecified atom stereocenters. The number of anilines is 1. The van der Waals surface area contributed by atoms with Crippen molar-refractivity contribution in [3.8, 4) is 5.75 Å². The van der Waals surface area contributed by atoms with Gasteiger partial charge in [-0.3, -0.25) is 0 Å². The Morgan fingerprint density at radius 3 is 3.00 bits per heavy atom. The minimum absolute atomic E-state index is 0.0661. The van der Waals surface area contributed by atoms with E-state index in [-0.39, 0.29) is 12.1 Å². The minimum Gasteiger partial charge on any atom is -0.494 e. The van der Waals surface area contributed by atoms with Gasteiger partial charge in [-0.25, -0.2) is 14.5 Å². The molecular weight excluding hydrogens is 294 g/mol. The molecule has 0 fully saturated rings. The van der Waals surface area contributed by atoms with Gasteiger partial charge in [-0.1, -0.05) is 6.92 Å². The molecule has 2 heterocycles. The first-order chi connectivity index (χ1) is 11.2. The Morgan fingerprint density at radius 2 is 2.22 bits per heavy atom. The second-order valence-corrected chi connectivity index (χ2v) is 5.57. The number of benzene rings is 1. The lowest BCUT2D eigenvalue weighted by Gasteiger charge is -2.23. The van der Waals surface area contributed by atoms with E-state index in [1.807, 2.05) is 28.9 Å². The smallest absolute Gasteiger partial charge is 0.319 e. The van der Waals surface area contributed by atoms with Crippen LogP contribution in [-0.2, 0) is 13.0 Å². The third-order valence-corrected chi connectivity index (χ3v) is 3.73. The predicted molar refractivity (Wildman–Crippen MR) is 86.5 cm³/mol. The quantitative estimate of drug-likeness (QED) is 0.886. The van der Waals surface area contributed by atoms with Crippen LogP contribution in [0, 0.1) is 0 Å². The van der Waals surface area contributed by atoms with Gasteiger partial charge in [0.25, 0.3) is 0 Å². The summed E-state index contributed by atoms with van der Waals surface area (Å²) in [5.74, 6) is 1.79. The Morgan fingerprint density at radius 1 is 1.39 bits per heavy atom. The standard InChI is InChI=1S/C16H21N5O2/c1-2-9-23-14-6-3-12(4-7-14)19-16(22)20-13-5-8-15-17-11-18-21(15)10-13/h3-4,6-7,11,13H,2,5,8-10H2,1H3,(H2,19,20,22). The van der Waals surface area contributed by atoms with Crippen molar-refractivity contribution in [2.24, 2.45) is 0 Å². The highest BCUT2D eigenvalue weighted by Crippen LogP contribution is 2.16. The van der Waals surface area contributed by atoms with E-state index in [2.05, 4.69) is 27.6 Å². The van der Waals surface area contributed by atoms with Gasteiger partial charge in [0.2, 0.25) is 0 Å². The highest BCUT2D eigenvalue weighted by atomic mass is 16.5. The minimum atomic E-state index is -0.208. The lowest BCUT2D eigenvalue weighted by Crippen LogP contribution is -2.43. The number of nitrogens with one attached hydrogen (secondary N) is 2. The number of urea groups is 1. The SMILES string of the molecule is CCCOc1ccc(NC(=O)NC2CCc3ncnn3C2)cc1. The Labute approximate surface area is 135 Å². The molecule has 0 saturated heterocycles. The highest BCUT2D eigenvalue weighted by Gasteiger charge is 2.21. The Hall–Kier alpha value is -2.57. The molecule has 3 rings (SSSR count). The molecule has 0 saturated carbocycles. The van der Waals surface area contributed by atoms with Crippen LogP contribution < -0.4 is 15.4 Å². The molecule has 7 heteroatoms. The van der Waals surface area contributed by atoms with Gasteiger partial charge < -0.3 is 15.4 Å². The number of nitrogens with zero attached hydrogens (tertiary/aromatic N) is 3. The molecule has 23 heavy (non-hydrogen) atoms. The molecule has 1 aromatic carbocycles. The molecule has 0 radical (unpaired) electrons. The van der Waals surface area contributed by atoms with E-state index in [9.17, 15) is 4.79 Å². The number of amides is 2. The van der Waals surface area contributed by atoms with E-state index in [0.717, 1.165) is 36.5 Å². The van der Waals surface area contributed by atoms with Crippen LogP contribution in [0.4, 0.5) is 10.5 Å². The molecule has 122 valence electrons. The number of ether oxygens (including phenoxy) is 1. The molecule has 2 aromatic rings. The van der Waals surface area contributed by atoms with E-state index in [0.29, 0.717) is 13.2 Å². The fourth-order valence-electron chi connectivity index (χ4n) is 2.56. The lowest BCUT2D eigenvalue weighted by molar-refractivity contribution is 0.243. The van der Waals surface area contributed by atoms with E-state index >= 15 is 0 Å². The molecule has 0 bridgehead atoms. The van der Waals surface area contributed by atoms with Crippen LogP contribution in [0.25, 0.3) is 0 Å². The number of carbonyl (C=O) groups excluding carboxylic acids is 1. The summed E-state index contributed by atoms with van der Waals surface area (Å²) in [4.78, 5) is 16.3. The van der Waals surface area contributed by atoms with Gasteiger partial charge in [0, 0.05) is 12.1 Å². The van der Waals surface area contributed by atoms with E-state index in [1.54, 1.807) is 6.33 Å². The number of fused-ring (bicyclic) bond motifs is 1. The molecule has 1 aliphatic rings. The number of carbonyl (C=O) groups is 1. The molecular formula is C16H21N5O2. The maximum absolute atomic E-state index is 12.1. The summed E-state index contributed by atoms with van der Waals surface area (Å²) in [6.45, 7) is 3.42. The number of hydrogen-bond donors (Lipinski definition) is 2. The van der Waals surface area contributed by atoms with Crippen molar-refractivity contribution in [1.29, 1.82) is 0 Å². The van der Waals surface area contributed by atoms with Crippen LogP contribution in [0.1, 0.15) is 25.6 Å². The number of aromatic nitrogens is 3. The summed E-state index contributed by atoms with van der Waals surface area (Å²) in [6.07, 6.45) is 4.22. The predicted octanol–water partition coefficient (Wildman–Crippen LogP) is 2.20. The average Bonchev–Trinajstić information content (AvgIpc) is 3.02. The van der Waals surface area contributed by atoms with E-state index < -0.39 is 0 Å². The third-order valence-electron chi connectivity index (χ3n) is 3.73. The van der Waals surface area contributed by atoms with Crippen molar-refractivity contribution in [3.05, 3.63) is 36.4 Å². The number of hydrogen-bond acceptors (Lipinski definition) is 4. The van der Waals surface area contributed by atoms with Gasteiger partial charge in [0.05, 0.1) is 19.2 Å². The topological polar surface area (TPSA) is 81.1 Å². The number of rotatable bonds is 5. The maximum atomic E-state index is 12.1. The van der Waals surface area contributed by atoms with Gasteiger partial charge in [-0.15, -0.1) is 0 Å². The lowest BCUT2D eigenvalue weighted by atomic mass is 10.1. The molecule has 1 aromatic heterocycles. The number of aryl methyl sites for hydroxylation is 1. The Balaban J connectivity index is 1.49. The van der Waals surface area contributed by atoms with Crippen LogP contribution in [0.2, 0.25) is 0 Å². The van der Waals surface area contributed by atoms with Crippen LogP contribution >= 0.6 is 0 Å². The van der Waals surface area contributed by atoms with Crippen LogP contribution in [-0.4, -0.2) is 33.4 Å². The van der Waals surface area contributed by atoms with Gasteiger partial charge in [-0.05, 0) is 37.1 Å². The zero-order valence-corrected chi connectivity index (χ0v) is 13.2. The molecule has 0 spiro atoms. The van der Waals surface area contributed by atoms with E-state index in [1.165, 1.54) is 0 Å². The maximum Gasteiger partial charge on any atom is 0.319 e. The molecule has 2 N–H and O–H groups in total.